The molecule has 114 valence electrons. The van der Waals surface area contributed by atoms with Crippen LogP contribution >= 0.6 is 0 Å². The van der Waals surface area contributed by atoms with Gasteiger partial charge in [0, 0.05) is 19.0 Å². The van der Waals surface area contributed by atoms with Crippen molar-refractivity contribution in [3.05, 3.63) is 35.9 Å². The minimum atomic E-state index is -0.239. The monoisotopic (exact) mass is 289 g/mol. The third kappa shape index (κ3) is 4.59. The number of carbonyl (C=O) groups is 2. The van der Waals surface area contributed by atoms with Crippen molar-refractivity contribution in [2.45, 2.75) is 39.2 Å². The predicted molar refractivity (Wildman–Crippen MR) is 80.5 cm³/mol. The Morgan fingerprint density at radius 2 is 1.95 bits per heavy atom. The molecule has 2 rings (SSSR count). The molecule has 0 radical (unpaired) electrons. The lowest BCUT2D eigenvalue weighted by Crippen LogP contribution is -2.39. The summed E-state index contributed by atoms with van der Waals surface area (Å²) in [6.07, 6.45) is 3.35. The summed E-state index contributed by atoms with van der Waals surface area (Å²) >= 11 is 0. The fraction of sp³-hybridized carbons (Fsp3) is 0.529. The molecule has 4 nitrogen and oxygen atoms in total. The molecular formula is C17H23NO3. The summed E-state index contributed by atoms with van der Waals surface area (Å²) in [5.74, 6) is 0.0854. The van der Waals surface area contributed by atoms with Crippen LogP contribution in [0, 0.1) is 5.92 Å². The van der Waals surface area contributed by atoms with Crippen LogP contribution in [0.25, 0.3) is 0 Å². The van der Waals surface area contributed by atoms with Crippen LogP contribution < -0.4 is 0 Å². The molecule has 0 unspecified atom stereocenters. The van der Waals surface area contributed by atoms with Crippen molar-refractivity contribution in [2.75, 3.05) is 13.2 Å². The average molecular weight is 289 g/mol. The van der Waals surface area contributed by atoms with Crippen molar-refractivity contribution in [2.24, 2.45) is 5.92 Å². The summed E-state index contributed by atoms with van der Waals surface area (Å²) < 4.78 is 4.95. The maximum atomic E-state index is 12.5. The molecule has 0 saturated heterocycles. The van der Waals surface area contributed by atoms with Gasteiger partial charge in [-0.25, -0.2) is 0 Å². The second kappa shape index (κ2) is 7.81. The minimum Gasteiger partial charge on any atom is -0.466 e. The number of nitrogens with zero attached hydrogens (tertiary/aromatic N) is 1. The summed E-state index contributed by atoms with van der Waals surface area (Å²) in [6.45, 7) is 3.17. The fourth-order valence-corrected chi connectivity index (χ4v) is 2.44. The first kappa shape index (κ1) is 15.5. The van der Waals surface area contributed by atoms with Crippen LogP contribution in [0.1, 0.15) is 38.2 Å². The molecule has 1 fully saturated rings. The Hall–Kier alpha value is -1.84. The van der Waals surface area contributed by atoms with E-state index >= 15 is 0 Å². The maximum Gasteiger partial charge on any atom is 0.307 e. The van der Waals surface area contributed by atoms with E-state index in [4.69, 9.17) is 4.74 Å². The molecule has 0 heterocycles. The van der Waals surface area contributed by atoms with Crippen LogP contribution in [0.2, 0.25) is 0 Å². The van der Waals surface area contributed by atoms with E-state index in [-0.39, 0.29) is 24.2 Å². The zero-order valence-corrected chi connectivity index (χ0v) is 12.6. The molecule has 1 aromatic rings. The van der Waals surface area contributed by atoms with Gasteiger partial charge in [-0.2, -0.15) is 0 Å². The summed E-state index contributed by atoms with van der Waals surface area (Å²) in [6, 6.07) is 9.90. The van der Waals surface area contributed by atoms with E-state index < -0.39 is 0 Å². The van der Waals surface area contributed by atoms with E-state index in [2.05, 4.69) is 0 Å². The van der Waals surface area contributed by atoms with Crippen LogP contribution in [0.15, 0.2) is 30.3 Å². The van der Waals surface area contributed by atoms with Gasteiger partial charge in [0.05, 0.1) is 13.0 Å². The summed E-state index contributed by atoms with van der Waals surface area (Å²) in [5, 5.41) is 0. The average Bonchev–Trinajstić information content (AvgIpc) is 2.43. The number of esters is 1. The van der Waals surface area contributed by atoms with Gasteiger partial charge >= 0.3 is 5.97 Å². The van der Waals surface area contributed by atoms with Gasteiger partial charge in [0.2, 0.25) is 5.91 Å². The highest BCUT2D eigenvalue weighted by Crippen LogP contribution is 2.28. The second-order valence-corrected chi connectivity index (χ2v) is 5.43. The van der Waals surface area contributed by atoms with Crippen molar-refractivity contribution in [1.29, 1.82) is 0 Å². The number of benzene rings is 1. The van der Waals surface area contributed by atoms with E-state index in [1.54, 1.807) is 11.8 Å². The van der Waals surface area contributed by atoms with Crippen LogP contribution in [0.3, 0.4) is 0 Å². The standard InChI is InChI=1S/C17H23NO3/c1-2-21-16(19)11-12-18(17(20)15-9-6-10-15)13-14-7-4-3-5-8-14/h3-5,7-8,15H,2,6,9-13H2,1H3. The number of hydrogen-bond donors (Lipinski definition) is 0. The molecule has 0 N–H and O–H groups in total. The van der Waals surface area contributed by atoms with Gasteiger partial charge in [-0.3, -0.25) is 9.59 Å². The maximum absolute atomic E-state index is 12.5. The van der Waals surface area contributed by atoms with E-state index in [9.17, 15) is 9.59 Å². The lowest BCUT2D eigenvalue weighted by molar-refractivity contribution is -0.145. The quantitative estimate of drug-likeness (QED) is 0.725. The van der Waals surface area contributed by atoms with Crippen LogP contribution in [0.4, 0.5) is 0 Å². The molecule has 1 aromatic carbocycles. The number of hydrogen-bond acceptors (Lipinski definition) is 3. The minimum absolute atomic E-state index is 0.149. The Bertz CT molecular complexity index is 468. The molecule has 0 bridgehead atoms. The Labute approximate surface area is 126 Å². The number of ether oxygens (including phenoxy) is 1. The highest BCUT2D eigenvalue weighted by Gasteiger charge is 2.29. The SMILES string of the molecule is CCOC(=O)CCN(Cc1ccccc1)C(=O)C1CCC1. The van der Waals surface area contributed by atoms with Gasteiger partial charge in [-0.1, -0.05) is 36.8 Å². The topological polar surface area (TPSA) is 46.6 Å². The van der Waals surface area contributed by atoms with E-state index in [1.807, 2.05) is 30.3 Å². The molecule has 1 aliphatic rings. The number of amides is 1. The lowest BCUT2D eigenvalue weighted by atomic mass is 9.84. The Morgan fingerprint density at radius 1 is 1.24 bits per heavy atom. The van der Waals surface area contributed by atoms with Gasteiger partial charge in [-0.05, 0) is 25.3 Å². The van der Waals surface area contributed by atoms with Crippen molar-refractivity contribution in [1.82, 2.24) is 4.90 Å². The summed E-state index contributed by atoms with van der Waals surface area (Å²) in [5.41, 5.74) is 1.09. The molecule has 1 aliphatic carbocycles. The van der Waals surface area contributed by atoms with Gasteiger partial charge < -0.3 is 9.64 Å². The van der Waals surface area contributed by atoms with Gasteiger partial charge in [0.15, 0.2) is 0 Å². The smallest absolute Gasteiger partial charge is 0.307 e. The molecule has 1 saturated carbocycles. The Morgan fingerprint density at radius 3 is 2.52 bits per heavy atom. The van der Waals surface area contributed by atoms with E-state index in [0.29, 0.717) is 19.7 Å². The van der Waals surface area contributed by atoms with E-state index in [0.717, 1.165) is 24.8 Å². The zero-order chi connectivity index (χ0) is 15.1. The predicted octanol–water partition coefficient (Wildman–Crippen LogP) is 2.77. The molecule has 1 amide bonds. The summed E-state index contributed by atoms with van der Waals surface area (Å²) in [7, 11) is 0. The normalized spacial score (nSPS) is 14.3. The molecule has 0 atom stereocenters. The number of rotatable bonds is 7. The number of carbonyl (C=O) groups excluding carboxylic acids is 2. The van der Waals surface area contributed by atoms with Crippen LogP contribution in [0.5, 0.6) is 0 Å². The zero-order valence-electron chi connectivity index (χ0n) is 12.6. The van der Waals surface area contributed by atoms with Crippen molar-refractivity contribution < 1.29 is 14.3 Å². The Balaban J connectivity index is 1.96. The van der Waals surface area contributed by atoms with Crippen LogP contribution in [-0.4, -0.2) is 29.9 Å². The molecule has 0 spiro atoms. The second-order valence-electron chi connectivity index (χ2n) is 5.43. The largest absolute Gasteiger partial charge is 0.466 e. The van der Waals surface area contributed by atoms with Gasteiger partial charge in [0.1, 0.15) is 0 Å². The fourth-order valence-electron chi connectivity index (χ4n) is 2.44. The molecule has 0 aromatic heterocycles. The summed E-state index contributed by atoms with van der Waals surface area (Å²) in [4.78, 5) is 25.8. The van der Waals surface area contributed by atoms with Crippen molar-refractivity contribution in [3.63, 3.8) is 0 Å². The first-order chi connectivity index (χ1) is 10.2. The van der Waals surface area contributed by atoms with E-state index in [1.165, 1.54) is 0 Å². The molecule has 0 aliphatic heterocycles. The third-order valence-corrected chi connectivity index (χ3v) is 3.87. The van der Waals surface area contributed by atoms with Crippen molar-refractivity contribution >= 4 is 11.9 Å². The first-order valence-electron chi connectivity index (χ1n) is 7.69. The Kier molecular flexibility index (Phi) is 5.78. The first-order valence-corrected chi connectivity index (χ1v) is 7.69. The van der Waals surface area contributed by atoms with Crippen LogP contribution in [-0.2, 0) is 20.9 Å². The molecule has 21 heavy (non-hydrogen) atoms. The highest BCUT2D eigenvalue weighted by atomic mass is 16.5. The van der Waals surface area contributed by atoms with Gasteiger partial charge in [0.25, 0.3) is 0 Å². The third-order valence-electron chi connectivity index (χ3n) is 3.87. The van der Waals surface area contributed by atoms with Gasteiger partial charge in [-0.15, -0.1) is 0 Å². The van der Waals surface area contributed by atoms with Crippen molar-refractivity contribution in [3.8, 4) is 0 Å². The highest BCUT2D eigenvalue weighted by molar-refractivity contribution is 5.80. The molecular weight excluding hydrogens is 266 g/mol. The lowest BCUT2D eigenvalue weighted by Gasteiger charge is -2.31. The molecule has 4 heteroatoms.